The van der Waals surface area contributed by atoms with Gasteiger partial charge in [-0.3, -0.25) is 4.79 Å². The Morgan fingerprint density at radius 2 is 1.95 bits per heavy atom. The number of piperidine rings is 1. The van der Waals surface area contributed by atoms with Gasteiger partial charge >= 0.3 is 0 Å². The number of benzene rings is 1. The Hall–Kier alpha value is -1.06. The number of amides is 1. The molecular formula is C15H23ClN2O. The highest BCUT2D eigenvalue weighted by atomic mass is 35.5. The second-order valence-electron chi connectivity index (χ2n) is 5.11. The van der Waals surface area contributed by atoms with Gasteiger partial charge in [0.1, 0.15) is 0 Å². The maximum atomic E-state index is 12.2. The normalized spacial score (nSPS) is 17.4. The lowest BCUT2D eigenvalue weighted by molar-refractivity contribution is -0.126. The van der Waals surface area contributed by atoms with E-state index < -0.39 is 0 Å². The van der Waals surface area contributed by atoms with E-state index in [1.807, 2.05) is 12.1 Å². The second-order valence-corrected chi connectivity index (χ2v) is 5.11. The first-order valence-corrected chi connectivity index (χ1v) is 6.75. The zero-order chi connectivity index (χ0) is 13.0. The Morgan fingerprint density at radius 3 is 2.58 bits per heavy atom. The van der Waals surface area contributed by atoms with Crippen molar-refractivity contribution in [3.63, 3.8) is 0 Å². The quantitative estimate of drug-likeness (QED) is 0.895. The molecule has 0 aromatic heterocycles. The van der Waals surface area contributed by atoms with Crippen molar-refractivity contribution in [2.24, 2.45) is 5.92 Å². The Bertz CT molecular complexity index is 416. The zero-order valence-corrected chi connectivity index (χ0v) is 12.4. The number of halogens is 1. The van der Waals surface area contributed by atoms with Crippen LogP contribution in [0.5, 0.6) is 0 Å². The van der Waals surface area contributed by atoms with Crippen LogP contribution in [0.2, 0.25) is 0 Å². The van der Waals surface area contributed by atoms with Crippen molar-refractivity contribution in [2.45, 2.75) is 32.7 Å². The molecule has 0 saturated carbocycles. The number of rotatable bonds is 3. The average molecular weight is 283 g/mol. The molecule has 4 heteroatoms. The predicted octanol–water partition coefficient (Wildman–Crippen LogP) is 2.59. The van der Waals surface area contributed by atoms with Gasteiger partial charge in [-0.05, 0) is 50.9 Å². The van der Waals surface area contributed by atoms with E-state index in [2.05, 4.69) is 36.6 Å². The first-order chi connectivity index (χ1) is 8.68. The molecule has 2 rings (SSSR count). The van der Waals surface area contributed by atoms with E-state index in [4.69, 9.17) is 0 Å². The molecule has 1 saturated heterocycles. The fourth-order valence-electron chi connectivity index (χ4n) is 2.57. The fourth-order valence-corrected chi connectivity index (χ4v) is 2.57. The van der Waals surface area contributed by atoms with Crippen LogP contribution in [0.4, 0.5) is 0 Å². The van der Waals surface area contributed by atoms with E-state index in [1.54, 1.807) is 0 Å². The highest BCUT2D eigenvalue weighted by Gasteiger charge is 2.22. The van der Waals surface area contributed by atoms with Gasteiger partial charge < -0.3 is 10.6 Å². The summed E-state index contributed by atoms with van der Waals surface area (Å²) in [5, 5.41) is 6.42. The summed E-state index contributed by atoms with van der Waals surface area (Å²) in [7, 11) is 0. The summed E-state index contributed by atoms with van der Waals surface area (Å²) in [5.41, 5.74) is 2.44. The number of aryl methyl sites for hydroxylation is 1. The van der Waals surface area contributed by atoms with Crippen molar-refractivity contribution < 1.29 is 4.79 Å². The summed E-state index contributed by atoms with van der Waals surface area (Å²) >= 11 is 0. The highest BCUT2D eigenvalue weighted by Crippen LogP contribution is 2.19. The van der Waals surface area contributed by atoms with E-state index in [1.165, 1.54) is 11.1 Å². The van der Waals surface area contributed by atoms with Crippen LogP contribution >= 0.6 is 12.4 Å². The van der Waals surface area contributed by atoms with Gasteiger partial charge in [-0.25, -0.2) is 0 Å². The summed E-state index contributed by atoms with van der Waals surface area (Å²) in [6.45, 7) is 6.05. The zero-order valence-electron chi connectivity index (χ0n) is 11.6. The van der Waals surface area contributed by atoms with Gasteiger partial charge in [0, 0.05) is 5.92 Å². The van der Waals surface area contributed by atoms with Crippen LogP contribution in [-0.2, 0) is 4.79 Å². The van der Waals surface area contributed by atoms with Crippen molar-refractivity contribution in [2.75, 3.05) is 13.1 Å². The van der Waals surface area contributed by atoms with Gasteiger partial charge in [0.15, 0.2) is 0 Å². The smallest absolute Gasteiger partial charge is 0.223 e. The molecule has 2 N–H and O–H groups in total. The molecule has 0 radical (unpaired) electrons. The van der Waals surface area contributed by atoms with Crippen molar-refractivity contribution in [1.29, 1.82) is 0 Å². The van der Waals surface area contributed by atoms with E-state index in [9.17, 15) is 4.79 Å². The number of carbonyl (C=O) groups is 1. The number of hydrogen-bond acceptors (Lipinski definition) is 2. The largest absolute Gasteiger partial charge is 0.349 e. The Kier molecular flexibility index (Phi) is 6.32. The highest BCUT2D eigenvalue weighted by molar-refractivity contribution is 5.85. The monoisotopic (exact) mass is 282 g/mol. The van der Waals surface area contributed by atoms with Crippen LogP contribution < -0.4 is 10.6 Å². The first-order valence-electron chi connectivity index (χ1n) is 6.75. The number of nitrogens with one attached hydrogen (secondary N) is 2. The first kappa shape index (κ1) is 16.0. The molecular weight excluding hydrogens is 260 g/mol. The summed E-state index contributed by atoms with van der Waals surface area (Å²) in [4.78, 5) is 12.2. The minimum atomic E-state index is 0. The molecule has 1 fully saturated rings. The molecule has 1 amide bonds. The van der Waals surface area contributed by atoms with Crippen molar-refractivity contribution >= 4 is 18.3 Å². The van der Waals surface area contributed by atoms with Gasteiger partial charge in [0.05, 0.1) is 6.04 Å². The molecule has 1 aromatic rings. The molecule has 19 heavy (non-hydrogen) atoms. The molecule has 0 aliphatic carbocycles. The average Bonchev–Trinajstić information content (AvgIpc) is 2.40. The topological polar surface area (TPSA) is 41.1 Å². The Morgan fingerprint density at radius 1 is 1.32 bits per heavy atom. The lowest BCUT2D eigenvalue weighted by atomic mass is 9.96. The van der Waals surface area contributed by atoms with Gasteiger partial charge in [0.25, 0.3) is 0 Å². The predicted molar refractivity (Wildman–Crippen MR) is 80.6 cm³/mol. The third-order valence-electron chi connectivity index (χ3n) is 3.72. The van der Waals surface area contributed by atoms with Crippen LogP contribution in [0.1, 0.15) is 36.9 Å². The maximum absolute atomic E-state index is 12.2. The third-order valence-corrected chi connectivity index (χ3v) is 3.72. The molecule has 106 valence electrons. The molecule has 1 unspecified atom stereocenters. The second kappa shape index (κ2) is 7.51. The molecule has 0 spiro atoms. The van der Waals surface area contributed by atoms with E-state index in [-0.39, 0.29) is 30.3 Å². The summed E-state index contributed by atoms with van der Waals surface area (Å²) in [6.07, 6.45) is 1.90. The van der Waals surface area contributed by atoms with Gasteiger partial charge in [-0.1, -0.05) is 24.3 Å². The van der Waals surface area contributed by atoms with Gasteiger partial charge in [0.2, 0.25) is 5.91 Å². The van der Waals surface area contributed by atoms with E-state index in [0.29, 0.717) is 0 Å². The Balaban J connectivity index is 0.00000180. The van der Waals surface area contributed by atoms with E-state index in [0.717, 1.165) is 25.9 Å². The Labute approximate surface area is 121 Å². The maximum Gasteiger partial charge on any atom is 0.223 e. The van der Waals surface area contributed by atoms with Crippen LogP contribution in [-0.4, -0.2) is 19.0 Å². The van der Waals surface area contributed by atoms with Crippen LogP contribution in [0.25, 0.3) is 0 Å². The van der Waals surface area contributed by atoms with Crippen molar-refractivity contribution in [1.82, 2.24) is 10.6 Å². The summed E-state index contributed by atoms with van der Waals surface area (Å²) in [5.74, 6) is 0.380. The van der Waals surface area contributed by atoms with Crippen molar-refractivity contribution in [3.8, 4) is 0 Å². The van der Waals surface area contributed by atoms with Gasteiger partial charge in [-0.2, -0.15) is 0 Å². The van der Waals surface area contributed by atoms with Crippen LogP contribution in [0.3, 0.4) is 0 Å². The SMILES string of the molecule is Cc1ccccc1C(C)NC(=O)C1CCNCC1.Cl. The summed E-state index contributed by atoms with van der Waals surface area (Å²) in [6, 6.07) is 8.31. The van der Waals surface area contributed by atoms with Crippen molar-refractivity contribution in [3.05, 3.63) is 35.4 Å². The molecule has 0 bridgehead atoms. The number of hydrogen-bond donors (Lipinski definition) is 2. The van der Waals surface area contributed by atoms with Crippen LogP contribution in [0.15, 0.2) is 24.3 Å². The number of carbonyl (C=O) groups excluding carboxylic acids is 1. The summed E-state index contributed by atoms with van der Waals surface area (Å²) < 4.78 is 0. The minimum Gasteiger partial charge on any atom is -0.349 e. The lowest BCUT2D eigenvalue weighted by Gasteiger charge is -2.24. The third kappa shape index (κ3) is 4.22. The van der Waals surface area contributed by atoms with Gasteiger partial charge in [-0.15, -0.1) is 12.4 Å². The molecule has 1 heterocycles. The molecule has 3 nitrogen and oxygen atoms in total. The standard InChI is InChI=1S/C15H22N2O.ClH/c1-11-5-3-4-6-14(11)12(2)17-15(18)13-7-9-16-10-8-13;/h3-6,12-13,16H,7-10H2,1-2H3,(H,17,18);1H. The fraction of sp³-hybridized carbons (Fsp3) is 0.533. The lowest BCUT2D eigenvalue weighted by Crippen LogP contribution is -2.39. The molecule has 1 aromatic carbocycles. The van der Waals surface area contributed by atoms with Crippen LogP contribution in [0, 0.1) is 12.8 Å². The molecule has 1 aliphatic heterocycles. The van der Waals surface area contributed by atoms with E-state index >= 15 is 0 Å². The molecule has 1 aliphatic rings. The molecule has 1 atom stereocenters. The minimum absolute atomic E-state index is 0.